The molecule has 0 unspecified atom stereocenters. The van der Waals surface area contributed by atoms with Crippen LogP contribution in [0.3, 0.4) is 0 Å². The number of halogens is 1. The number of hydrogen-bond donors (Lipinski definition) is 0. The van der Waals surface area contributed by atoms with Crippen molar-refractivity contribution in [3.05, 3.63) is 68.8 Å². The number of carbonyl (C=O) groups is 2. The lowest BCUT2D eigenvalue weighted by molar-refractivity contribution is 0.0909. The van der Waals surface area contributed by atoms with Crippen LogP contribution in [-0.4, -0.2) is 15.5 Å². The Bertz CT molecular complexity index is 718. The summed E-state index contributed by atoms with van der Waals surface area (Å²) in [4.78, 5) is 25.9. The van der Waals surface area contributed by atoms with Crippen molar-refractivity contribution in [1.82, 2.24) is 0 Å². The van der Waals surface area contributed by atoms with E-state index in [1.807, 2.05) is 88.4 Å². The predicted molar refractivity (Wildman–Crippen MR) is 108 cm³/mol. The number of Topliss-reactive ketones (excluding diaryl/α,β-unsaturated/α-hetero) is 2. The van der Waals surface area contributed by atoms with Crippen LogP contribution in [0.1, 0.15) is 54.1 Å². The van der Waals surface area contributed by atoms with Crippen LogP contribution in [0.2, 0.25) is 0 Å². The first-order chi connectivity index (χ1) is 11.1. The van der Waals surface area contributed by atoms with Gasteiger partial charge in [0, 0.05) is 11.1 Å². The first-order valence-corrected chi connectivity index (χ1v) is 9.26. The Hall–Kier alpha value is -1.49. The number of ketones is 2. The van der Waals surface area contributed by atoms with Crippen LogP contribution in [0, 0.1) is 41.5 Å². The highest BCUT2D eigenvalue weighted by Gasteiger charge is 2.29. The Morgan fingerprint density at radius 1 is 0.667 bits per heavy atom. The molecule has 3 heteroatoms. The van der Waals surface area contributed by atoms with E-state index in [2.05, 4.69) is 0 Å². The Labute approximate surface area is 157 Å². The van der Waals surface area contributed by atoms with Crippen LogP contribution in [0.15, 0.2) is 24.3 Å². The molecule has 0 saturated heterocycles. The zero-order valence-electron chi connectivity index (χ0n) is 15.1. The summed E-state index contributed by atoms with van der Waals surface area (Å²) in [6, 6.07) is 7.99. The van der Waals surface area contributed by atoms with Gasteiger partial charge in [0.05, 0.1) is 0 Å². The van der Waals surface area contributed by atoms with Gasteiger partial charge >= 0.3 is 0 Å². The second-order valence-electron chi connectivity index (χ2n) is 6.64. The molecule has 0 N–H and O–H groups in total. The predicted octanol–water partition coefficient (Wildman–Crippen LogP) is 5.41. The van der Waals surface area contributed by atoms with E-state index in [0.29, 0.717) is 11.1 Å². The summed E-state index contributed by atoms with van der Waals surface area (Å²) in [5.74, 6) is -0.204. The number of benzene rings is 2. The standard InChI is InChI=1S/C21H23IO2/c1-11-7-13(3)17(14(4)8-11)20(23)19(22)21(24)18-15(5)9-12(2)10-16(18)6/h7-10,19H,1-6H3. The van der Waals surface area contributed by atoms with Crippen LogP contribution in [-0.2, 0) is 0 Å². The topological polar surface area (TPSA) is 34.1 Å². The molecular formula is C21H23IO2. The molecule has 126 valence electrons. The molecule has 2 aromatic carbocycles. The minimum atomic E-state index is -0.706. The Morgan fingerprint density at radius 2 is 0.917 bits per heavy atom. The van der Waals surface area contributed by atoms with Crippen molar-refractivity contribution in [3.63, 3.8) is 0 Å². The normalized spacial score (nSPS) is 11.0. The minimum Gasteiger partial charge on any atom is -0.292 e. The molecule has 0 aromatic heterocycles. The lowest BCUT2D eigenvalue weighted by atomic mass is 9.90. The molecule has 24 heavy (non-hydrogen) atoms. The molecule has 0 bridgehead atoms. The maximum absolute atomic E-state index is 13.0. The highest BCUT2D eigenvalue weighted by Crippen LogP contribution is 2.25. The van der Waals surface area contributed by atoms with Crippen molar-refractivity contribution < 1.29 is 9.59 Å². The van der Waals surface area contributed by atoms with Crippen LogP contribution in [0.4, 0.5) is 0 Å². The van der Waals surface area contributed by atoms with E-state index in [9.17, 15) is 9.59 Å². The summed E-state index contributed by atoms with van der Waals surface area (Å²) in [5, 5.41) is 0. The molecule has 2 nitrogen and oxygen atoms in total. The number of rotatable bonds is 4. The van der Waals surface area contributed by atoms with Crippen LogP contribution < -0.4 is 0 Å². The summed E-state index contributed by atoms with van der Waals surface area (Å²) >= 11 is 1.99. The second-order valence-corrected chi connectivity index (χ2v) is 7.88. The van der Waals surface area contributed by atoms with E-state index in [4.69, 9.17) is 0 Å². The average Bonchev–Trinajstić information content (AvgIpc) is 2.43. The third-order valence-corrected chi connectivity index (χ3v) is 5.44. The quantitative estimate of drug-likeness (QED) is 0.279. The third kappa shape index (κ3) is 3.61. The number of aryl methyl sites for hydroxylation is 6. The number of hydrogen-bond acceptors (Lipinski definition) is 2. The largest absolute Gasteiger partial charge is 0.292 e. The van der Waals surface area contributed by atoms with E-state index in [-0.39, 0.29) is 11.6 Å². The molecule has 0 aliphatic rings. The molecule has 0 saturated carbocycles. The molecule has 0 atom stereocenters. The van der Waals surface area contributed by atoms with Gasteiger partial charge in [0.2, 0.25) is 0 Å². The fourth-order valence-electron chi connectivity index (χ4n) is 3.51. The lowest BCUT2D eigenvalue weighted by Crippen LogP contribution is -2.27. The Morgan fingerprint density at radius 3 is 1.17 bits per heavy atom. The molecule has 0 fully saturated rings. The maximum Gasteiger partial charge on any atom is 0.184 e. The molecule has 0 spiro atoms. The van der Waals surface area contributed by atoms with Crippen LogP contribution >= 0.6 is 22.6 Å². The van der Waals surface area contributed by atoms with Gasteiger partial charge in [-0.25, -0.2) is 0 Å². The van der Waals surface area contributed by atoms with Crippen molar-refractivity contribution in [2.24, 2.45) is 0 Å². The van der Waals surface area contributed by atoms with E-state index < -0.39 is 3.92 Å². The summed E-state index contributed by atoms with van der Waals surface area (Å²) in [5.41, 5.74) is 7.35. The number of alkyl halides is 1. The first-order valence-electron chi connectivity index (χ1n) is 8.01. The third-order valence-electron chi connectivity index (χ3n) is 4.31. The molecule has 0 amide bonds. The zero-order valence-corrected chi connectivity index (χ0v) is 17.2. The van der Waals surface area contributed by atoms with E-state index in [1.54, 1.807) is 0 Å². The van der Waals surface area contributed by atoms with Crippen LogP contribution in [0.5, 0.6) is 0 Å². The average molecular weight is 434 g/mol. The Balaban J connectivity index is 2.44. The molecular weight excluding hydrogens is 411 g/mol. The highest BCUT2D eigenvalue weighted by molar-refractivity contribution is 14.1. The van der Waals surface area contributed by atoms with E-state index >= 15 is 0 Å². The van der Waals surface area contributed by atoms with Crippen molar-refractivity contribution in [2.75, 3.05) is 0 Å². The second kappa shape index (κ2) is 7.18. The van der Waals surface area contributed by atoms with E-state index in [0.717, 1.165) is 33.4 Å². The molecule has 0 aliphatic carbocycles. The number of carbonyl (C=O) groups excluding carboxylic acids is 2. The summed E-state index contributed by atoms with van der Waals surface area (Å²) in [6.45, 7) is 11.8. The highest BCUT2D eigenvalue weighted by atomic mass is 127. The molecule has 0 radical (unpaired) electrons. The van der Waals surface area contributed by atoms with Gasteiger partial charge < -0.3 is 0 Å². The minimum absolute atomic E-state index is 0.102. The van der Waals surface area contributed by atoms with Crippen molar-refractivity contribution >= 4 is 34.2 Å². The van der Waals surface area contributed by atoms with Crippen LogP contribution in [0.25, 0.3) is 0 Å². The van der Waals surface area contributed by atoms with Gasteiger partial charge in [0.1, 0.15) is 3.92 Å². The van der Waals surface area contributed by atoms with E-state index in [1.165, 1.54) is 0 Å². The fraction of sp³-hybridized carbons (Fsp3) is 0.333. The van der Waals surface area contributed by atoms with Gasteiger partial charge in [-0.05, 0) is 63.8 Å². The summed E-state index contributed by atoms with van der Waals surface area (Å²) < 4.78 is -0.706. The smallest absolute Gasteiger partial charge is 0.184 e. The first kappa shape index (κ1) is 18.8. The summed E-state index contributed by atoms with van der Waals surface area (Å²) in [6.07, 6.45) is 0. The van der Waals surface area contributed by atoms with Gasteiger partial charge in [-0.15, -0.1) is 0 Å². The van der Waals surface area contributed by atoms with Gasteiger partial charge in [-0.1, -0.05) is 58.0 Å². The van der Waals surface area contributed by atoms with Gasteiger partial charge in [-0.2, -0.15) is 0 Å². The summed E-state index contributed by atoms with van der Waals surface area (Å²) in [7, 11) is 0. The maximum atomic E-state index is 13.0. The van der Waals surface area contributed by atoms with Gasteiger partial charge in [0.15, 0.2) is 11.6 Å². The molecule has 0 heterocycles. The SMILES string of the molecule is Cc1cc(C)c(C(=O)C(I)C(=O)c2c(C)cc(C)cc2C)c(C)c1. The van der Waals surface area contributed by atoms with Crippen molar-refractivity contribution in [2.45, 2.75) is 45.5 Å². The van der Waals surface area contributed by atoms with Gasteiger partial charge in [0.25, 0.3) is 0 Å². The van der Waals surface area contributed by atoms with Crippen molar-refractivity contribution in [3.8, 4) is 0 Å². The zero-order chi connectivity index (χ0) is 18.2. The molecule has 0 aliphatic heterocycles. The van der Waals surface area contributed by atoms with Gasteiger partial charge in [-0.3, -0.25) is 9.59 Å². The monoisotopic (exact) mass is 434 g/mol. The lowest BCUT2D eigenvalue weighted by Gasteiger charge is -2.16. The molecule has 2 rings (SSSR count). The molecule has 2 aromatic rings. The Kier molecular flexibility index (Phi) is 5.63. The fourth-order valence-corrected chi connectivity index (χ4v) is 4.13. The van der Waals surface area contributed by atoms with Crippen molar-refractivity contribution in [1.29, 1.82) is 0 Å².